The number of aromatic nitrogens is 1. The van der Waals surface area contributed by atoms with E-state index in [9.17, 15) is 4.79 Å². The van der Waals surface area contributed by atoms with Gasteiger partial charge in [0.1, 0.15) is 5.69 Å². The smallest absolute Gasteiger partial charge is 0.183 e. The molecule has 1 aromatic heterocycles. The van der Waals surface area contributed by atoms with Crippen LogP contribution < -0.4 is 5.32 Å². The minimum absolute atomic E-state index is 0.113. The zero-order valence-electron chi connectivity index (χ0n) is 10.4. The summed E-state index contributed by atoms with van der Waals surface area (Å²) >= 11 is 1.58. The molecule has 0 radical (unpaired) electrons. The van der Waals surface area contributed by atoms with Crippen molar-refractivity contribution in [3.63, 3.8) is 0 Å². The highest BCUT2D eigenvalue weighted by Crippen LogP contribution is 2.19. The third kappa shape index (κ3) is 3.12. The van der Waals surface area contributed by atoms with E-state index < -0.39 is 0 Å². The van der Waals surface area contributed by atoms with Crippen LogP contribution in [-0.2, 0) is 4.74 Å². The molecule has 1 saturated heterocycles. The van der Waals surface area contributed by atoms with Crippen LogP contribution in [0.15, 0.2) is 0 Å². The summed E-state index contributed by atoms with van der Waals surface area (Å²) in [6, 6.07) is 0.437. The van der Waals surface area contributed by atoms with Crippen LogP contribution in [0.5, 0.6) is 0 Å². The average molecular weight is 254 g/mol. The Hall–Kier alpha value is -0.780. The zero-order valence-corrected chi connectivity index (χ0v) is 11.3. The summed E-state index contributed by atoms with van der Waals surface area (Å²) in [5, 5.41) is 4.32. The second-order valence-corrected chi connectivity index (χ2v) is 5.97. The van der Waals surface area contributed by atoms with Crippen LogP contribution in [0.2, 0.25) is 0 Å². The summed E-state index contributed by atoms with van der Waals surface area (Å²) in [5.74, 6) is 0.113. The molecule has 2 unspecified atom stereocenters. The van der Waals surface area contributed by atoms with E-state index in [1.54, 1.807) is 11.3 Å². The van der Waals surface area contributed by atoms with Crippen molar-refractivity contribution in [2.24, 2.45) is 0 Å². The van der Waals surface area contributed by atoms with Crippen molar-refractivity contribution in [3.8, 4) is 0 Å². The fourth-order valence-corrected chi connectivity index (χ4v) is 2.95. The Kier molecular flexibility index (Phi) is 3.91. The molecule has 1 aliphatic heterocycles. The molecule has 1 aromatic rings. The van der Waals surface area contributed by atoms with Gasteiger partial charge in [-0.05, 0) is 20.8 Å². The highest BCUT2D eigenvalue weighted by Gasteiger charge is 2.23. The van der Waals surface area contributed by atoms with Crippen molar-refractivity contribution < 1.29 is 9.53 Å². The standard InChI is InChI=1S/C12H18N2O2S/c1-7-5-16-6-10(13-7)4-11(15)12-8(2)17-9(3)14-12/h7,10,13H,4-6H2,1-3H3. The van der Waals surface area contributed by atoms with E-state index in [2.05, 4.69) is 17.2 Å². The minimum atomic E-state index is 0.113. The summed E-state index contributed by atoms with van der Waals surface area (Å²) < 4.78 is 5.43. The molecule has 0 spiro atoms. The number of ketones is 1. The van der Waals surface area contributed by atoms with E-state index in [0.717, 1.165) is 16.5 Å². The van der Waals surface area contributed by atoms with E-state index in [4.69, 9.17) is 4.74 Å². The highest BCUT2D eigenvalue weighted by atomic mass is 32.1. The average Bonchev–Trinajstić information content (AvgIpc) is 2.58. The Morgan fingerprint density at radius 3 is 2.88 bits per heavy atom. The van der Waals surface area contributed by atoms with Gasteiger partial charge < -0.3 is 10.1 Å². The minimum Gasteiger partial charge on any atom is -0.378 e. The largest absolute Gasteiger partial charge is 0.378 e. The first-order valence-electron chi connectivity index (χ1n) is 5.87. The molecule has 0 bridgehead atoms. The Morgan fingerprint density at radius 1 is 1.53 bits per heavy atom. The number of carbonyl (C=O) groups is 1. The quantitative estimate of drug-likeness (QED) is 0.834. The highest BCUT2D eigenvalue weighted by molar-refractivity contribution is 7.11. The first kappa shape index (κ1) is 12.7. The predicted octanol–water partition coefficient (Wildman–Crippen LogP) is 1.71. The monoisotopic (exact) mass is 254 g/mol. The fourth-order valence-electron chi connectivity index (χ4n) is 2.11. The van der Waals surface area contributed by atoms with Gasteiger partial charge >= 0.3 is 0 Å². The summed E-state index contributed by atoms with van der Waals surface area (Å²) in [5.41, 5.74) is 0.632. The molecule has 4 nitrogen and oxygen atoms in total. The summed E-state index contributed by atoms with van der Waals surface area (Å²) in [6.45, 7) is 7.27. The maximum atomic E-state index is 12.1. The molecule has 0 aromatic carbocycles. The molecular weight excluding hydrogens is 236 g/mol. The molecular formula is C12H18N2O2S. The number of morpholine rings is 1. The van der Waals surface area contributed by atoms with Crippen LogP contribution in [0, 0.1) is 13.8 Å². The van der Waals surface area contributed by atoms with Gasteiger partial charge in [-0.2, -0.15) is 0 Å². The Bertz CT molecular complexity index is 417. The number of ether oxygens (including phenoxy) is 1. The van der Waals surface area contributed by atoms with Gasteiger partial charge in [0, 0.05) is 23.4 Å². The van der Waals surface area contributed by atoms with Crippen LogP contribution in [0.25, 0.3) is 0 Å². The van der Waals surface area contributed by atoms with Crippen molar-refractivity contribution >= 4 is 17.1 Å². The third-order valence-electron chi connectivity index (χ3n) is 2.81. The lowest BCUT2D eigenvalue weighted by molar-refractivity contribution is 0.0462. The number of hydrogen-bond acceptors (Lipinski definition) is 5. The van der Waals surface area contributed by atoms with Gasteiger partial charge in [-0.1, -0.05) is 0 Å². The molecule has 2 rings (SSSR count). The van der Waals surface area contributed by atoms with Crippen molar-refractivity contribution in [2.75, 3.05) is 13.2 Å². The topological polar surface area (TPSA) is 51.2 Å². The maximum Gasteiger partial charge on any atom is 0.183 e. The fraction of sp³-hybridized carbons (Fsp3) is 0.667. The number of aryl methyl sites for hydroxylation is 2. The van der Waals surface area contributed by atoms with E-state index in [1.165, 1.54) is 0 Å². The number of nitrogens with one attached hydrogen (secondary N) is 1. The number of nitrogens with zero attached hydrogens (tertiary/aromatic N) is 1. The van der Waals surface area contributed by atoms with Crippen molar-refractivity contribution in [3.05, 3.63) is 15.6 Å². The van der Waals surface area contributed by atoms with E-state index >= 15 is 0 Å². The van der Waals surface area contributed by atoms with Gasteiger partial charge in [-0.3, -0.25) is 4.79 Å². The lowest BCUT2D eigenvalue weighted by Gasteiger charge is -2.28. The van der Waals surface area contributed by atoms with Crippen LogP contribution >= 0.6 is 11.3 Å². The SMILES string of the molecule is Cc1nc(C(=O)CC2COCC(C)N2)c(C)s1. The second kappa shape index (κ2) is 5.25. The van der Waals surface area contributed by atoms with Gasteiger partial charge in [0.15, 0.2) is 5.78 Å². The first-order chi connectivity index (χ1) is 8.06. The molecule has 1 N–H and O–H groups in total. The summed E-state index contributed by atoms with van der Waals surface area (Å²) in [7, 11) is 0. The van der Waals surface area contributed by atoms with Gasteiger partial charge in [0.05, 0.1) is 18.2 Å². The molecule has 2 heterocycles. The maximum absolute atomic E-state index is 12.1. The number of Topliss-reactive ketones (excluding diaryl/α,β-unsaturated/α-hetero) is 1. The van der Waals surface area contributed by atoms with Gasteiger partial charge in [0.2, 0.25) is 0 Å². The molecule has 0 saturated carbocycles. The lowest BCUT2D eigenvalue weighted by atomic mass is 10.1. The van der Waals surface area contributed by atoms with Crippen LogP contribution in [0.1, 0.15) is 33.7 Å². The van der Waals surface area contributed by atoms with Crippen molar-refractivity contribution in [1.29, 1.82) is 0 Å². The molecule has 2 atom stereocenters. The molecule has 94 valence electrons. The molecule has 17 heavy (non-hydrogen) atoms. The summed E-state index contributed by atoms with van der Waals surface area (Å²) in [6.07, 6.45) is 0.467. The van der Waals surface area contributed by atoms with E-state index in [1.807, 2.05) is 13.8 Å². The molecule has 1 aliphatic rings. The normalized spacial score (nSPS) is 24.9. The zero-order chi connectivity index (χ0) is 12.4. The molecule has 1 fully saturated rings. The van der Waals surface area contributed by atoms with Crippen LogP contribution in [0.4, 0.5) is 0 Å². The Balaban J connectivity index is 1.99. The first-order valence-corrected chi connectivity index (χ1v) is 6.69. The van der Waals surface area contributed by atoms with Gasteiger partial charge in [-0.15, -0.1) is 11.3 Å². The number of thiazole rings is 1. The molecule has 0 amide bonds. The number of rotatable bonds is 3. The number of hydrogen-bond donors (Lipinski definition) is 1. The van der Waals surface area contributed by atoms with Crippen LogP contribution in [-0.4, -0.2) is 36.1 Å². The second-order valence-electron chi connectivity index (χ2n) is 4.57. The Labute approximate surface area is 105 Å². The van der Waals surface area contributed by atoms with Crippen LogP contribution in [0.3, 0.4) is 0 Å². The number of carbonyl (C=O) groups excluding carboxylic acids is 1. The van der Waals surface area contributed by atoms with Crippen molar-refractivity contribution in [1.82, 2.24) is 10.3 Å². The van der Waals surface area contributed by atoms with Crippen molar-refractivity contribution in [2.45, 2.75) is 39.3 Å². The van der Waals surface area contributed by atoms with E-state index in [0.29, 0.717) is 24.8 Å². The van der Waals surface area contributed by atoms with Gasteiger partial charge in [0.25, 0.3) is 0 Å². The lowest BCUT2D eigenvalue weighted by Crippen LogP contribution is -2.48. The van der Waals surface area contributed by atoms with Gasteiger partial charge in [-0.25, -0.2) is 4.98 Å². The predicted molar refractivity (Wildman–Crippen MR) is 67.7 cm³/mol. The molecule has 5 heteroatoms. The Morgan fingerprint density at radius 2 is 2.29 bits per heavy atom. The summed E-state index contributed by atoms with van der Waals surface area (Å²) in [4.78, 5) is 17.4. The van der Waals surface area contributed by atoms with E-state index in [-0.39, 0.29) is 11.8 Å². The molecule has 0 aliphatic carbocycles. The third-order valence-corrected chi connectivity index (χ3v) is 3.69.